The minimum atomic E-state index is -0.705. The maximum atomic E-state index is 13.2. The zero-order chi connectivity index (χ0) is 12.5. The van der Waals surface area contributed by atoms with Crippen molar-refractivity contribution in [2.24, 2.45) is 5.41 Å². The lowest BCUT2D eigenvalue weighted by Crippen LogP contribution is -2.23. The van der Waals surface area contributed by atoms with Gasteiger partial charge in [-0.15, -0.1) is 0 Å². The molecule has 1 fully saturated rings. The van der Waals surface area contributed by atoms with E-state index in [0.29, 0.717) is 12.2 Å². The van der Waals surface area contributed by atoms with Crippen LogP contribution in [0.3, 0.4) is 0 Å². The van der Waals surface area contributed by atoms with E-state index in [1.807, 2.05) is 0 Å². The minimum absolute atomic E-state index is 0.00648. The topological polar surface area (TPSA) is 38.0 Å². The fraction of sp³-hybridized carbons (Fsp3) is 0.538. The highest BCUT2D eigenvalue weighted by Gasteiger charge is 2.28. The molecule has 17 heavy (non-hydrogen) atoms. The molecule has 0 aliphatic heterocycles. The maximum absolute atomic E-state index is 13.2. The highest BCUT2D eigenvalue weighted by atomic mass is 19.1. The van der Waals surface area contributed by atoms with E-state index in [9.17, 15) is 8.78 Å². The zero-order valence-electron chi connectivity index (χ0n) is 10.0. The fourth-order valence-electron chi connectivity index (χ4n) is 2.44. The average molecular weight is 240 g/mol. The Morgan fingerprint density at radius 1 is 1.29 bits per heavy atom. The molecular formula is C13H18F2N2. The third-order valence-electron chi connectivity index (χ3n) is 3.61. The van der Waals surface area contributed by atoms with Crippen molar-refractivity contribution < 1.29 is 8.78 Å². The SMILES string of the molecule is CC1(CNc2cc(F)cc(F)c2N)CCCC1. The molecule has 2 rings (SSSR count). The summed E-state index contributed by atoms with van der Waals surface area (Å²) in [6.07, 6.45) is 4.76. The molecule has 94 valence electrons. The Morgan fingerprint density at radius 3 is 2.59 bits per heavy atom. The molecule has 1 aliphatic rings. The molecule has 0 heterocycles. The molecular weight excluding hydrogens is 222 g/mol. The van der Waals surface area contributed by atoms with Crippen LogP contribution in [0.2, 0.25) is 0 Å². The summed E-state index contributed by atoms with van der Waals surface area (Å²) in [5, 5.41) is 3.07. The van der Waals surface area contributed by atoms with Gasteiger partial charge in [0.25, 0.3) is 0 Å². The number of rotatable bonds is 3. The summed E-state index contributed by atoms with van der Waals surface area (Å²) in [6, 6.07) is 2.05. The van der Waals surface area contributed by atoms with Crippen LogP contribution < -0.4 is 11.1 Å². The quantitative estimate of drug-likeness (QED) is 0.793. The van der Waals surface area contributed by atoms with Crippen LogP contribution >= 0.6 is 0 Å². The van der Waals surface area contributed by atoms with Gasteiger partial charge in [-0.3, -0.25) is 0 Å². The highest BCUT2D eigenvalue weighted by Crippen LogP contribution is 2.38. The Balaban J connectivity index is 2.08. The van der Waals surface area contributed by atoms with Crippen molar-refractivity contribution in [1.29, 1.82) is 0 Å². The van der Waals surface area contributed by atoms with Crippen molar-refractivity contribution in [1.82, 2.24) is 0 Å². The van der Waals surface area contributed by atoms with Gasteiger partial charge in [-0.25, -0.2) is 8.78 Å². The van der Waals surface area contributed by atoms with E-state index in [1.54, 1.807) is 0 Å². The van der Waals surface area contributed by atoms with Crippen LogP contribution in [-0.2, 0) is 0 Å². The zero-order valence-corrected chi connectivity index (χ0v) is 10.0. The molecule has 1 aliphatic carbocycles. The Hall–Kier alpha value is -1.32. The van der Waals surface area contributed by atoms with Gasteiger partial charge in [0, 0.05) is 12.6 Å². The monoisotopic (exact) mass is 240 g/mol. The van der Waals surface area contributed by atoms with E-state index >= 15 is 0 Å². The maximum Gasteiger partial charge on any atom is 0.151 e. The van der Waals surface area contributed by atoms with Gasteiger partial charge in [-0.05, 0) is 24.3 Å². The molecule has 4 heteroatoms. The highest BCUT2D eigenvalue weighted by molar-refractivity contribution is 5.66. The first-order valence-electron chi connectivity index (χ1n) is 5.99. The smallest absolute Gasteiger partial charge is 0.151 e. The molecule has 0 unspecified atom stereocenters. The largest absolute Gasteiger partial charge is 0.395 e. The Bertz CT molecular complexity index is 412. The van der Waals surface area contributed by atoms with E-state index in [0.717, 1.165) is 18.9 Å². The number of hydrogen-bond acceptors (Lipinski definition) is 2. The van der Waals surface area contributed by atoms with Crippen molar-refractivity contribution in [2.45, 2.75) is 32.6 Å². The third kappa shape index (κ3) is 2.68. The van der Waals surface area contributed by atoms with Gasteiger partial charge in [0.05, 0.1) is 11.4 Å². The van der Waals surface area contributed by atoms with E-state index in [2.05, 4.69) is 12.2 Å². The predicted octanol–water partition coefficient (Wildman–Crippen LogP) is 3.54. The molecule has 0 bridgehead atoms. The summed E-state index contributed by atoms with van der Waals surface area (Å²) in [6.45, 7) is 2.90. The molecule has 0 atom stereocenters. The molecule has 0 amide bonds. The van der Waals surface area contributed by atoms with E-state index in [-0.39, 0.29) is 11.1 Å². The Labute approximate surface area is 100 Å². The lowest BCUT2D eigenvalue weighted by molar-refractivity contribution is 0.362. The van der Waals surface area contributed by atoms with Crippen LogP contribution in [0.4, 0.5) is 20.2 Å². The molecule has 0 spiro atoms. The number of nitrogens with one attached hydrogen (secondary N) is 1. The van der Waals surface area contributed by atoms with Crippen LogP contribution in [0.5, 0.6) is 0 Å². The number of benzene rings is 1. The number of hydrogen-bond donors (Lipinski definition) is 2. The van der Waals surface area contributed by atoms with E-state index in [4.69, 9.17) is 5.73 Å². The second kappa shape index (κ2) is 4.51. The lowest BCUT2D eigenvalue weighted by Gasteiger charge is -2.25. The number of halogens is 2. The van der Waals surface area contributed by atoms with E-state index < -0.39 is 11.6 Å². The summed E-state index contributed by atoms with van der Waals surface area (Å²) < 4.78 is 26.3. The first kappa shape index (κ1) is 12.1. The summed E-state index contributed by atoms with van der Waals surface area (Å²) >= 11 is 0. The molecule has 1 aromatic carbocycles. The van der Waals surface area contributed by atoms with Crippen molar-refractivity contribution in [2.75, 3.05) is 17.6 Å². The number of nitrogen functional groups attached to an aromatic ring is 1. The summed E-state index contributed by atoms with van der Waals surface area (Å²) in [5.41, 5.74) is 6.14. The van der Waals surface area contributed by atoms with Crippen LogP contribution in [-0.4, -0.2) is 6.54 Å². The van der Waals surface area contributed by atoms with Crippen LogP contribution in [0.25, 0.3) is 0 Å². The normalized spacial score (nSPS) is 18.3. The first-order valence-corrected chi connectivity index (χ1v) is 5.99. The predicted molar refractivity (Wildman–Crippen MR) is 65.8 cm³/mol. The van der Waals surface area contributed by atoms with Crippen LogP contribution in [0.1, 0.15) is 32.6 Å². The molecule has 0 saturated heterocycles. The molecule has 1 saturated carbocycles. The second-order valence-electron chi connectivity index (χ2n) is 5.22. The van der Waals surface area contributed by atoms with Crippen molar-refractivity contribution >= 4 is 11.4 Å². The number of anilines is 2. The van der Waals surface area contributed by atoms with Crippen LogP contribution in [0, 0.1) is 17.0 Å². The Morgan fingerprint density at radius 2 is 1.94 bits per heavy atom. The van der Waals surface area contributed by atoms with Gasteiger partial charge < -0.3 is 11.1 Å². The minimum Gasteiger partial charge on any atom is -0.395 e. The van der Waals surface area contributed by atoms with Gasteiger partial charge in [-0.2, -0.15) is 0 Å². The standard InChI is InChI=1S/C13H18F2N2/c1-13(4-2-3-5-13)8-17-11-7-9(14)6-10(15)12(11)16/h6-7,17H,2-5,8,16H2,1H3. The fourth-order valence-corrected chi connectivity index (χ4v) is 2.44. The molecule has 2 nitrogen and oxygen atoms in total. The lowest BCUT2D eigenvalue weighted by atomic mass is 9.89. The Kier molecular flexibility index (Phi) is 3.22. The number of nitrogens with two attached hydrogens (primary N) is 1. The van der Waals surface area contributed by atoms with Gasteiger partial charge in [0.15, 0.2) is 5.82 Å². The first-order chi connectivity index (χ1) is 8.00. The second-order valence-corrected chi connectivity index (χ2v) is 5.22. The molecule has 0 aromatic heterocycles. The van der Waals surface area contributed by atoms with Crippen molar-refractivity contribution in [3.63, 3.8) is 0 Å². The summed E-state index contributed by atoms with van der Waals surface area (Å²) in [4.78, 5) is 0. The van der Waals surface area contributed by atoms with Gasteiger partial charge in [-0.1, -0.05) is 19.8 Å². The summed E-state index contributed by atoms with van der Waals surface area (Å²) in [7, 11) is 0. The van der Waals surface area contributed by atoms with Gasteiger partial charge in [0.1, 0.15) is 5.82 Å². The van der Waals surface area contributed by atoms with E-state index in [1.165, 1.54) is 18.9 Å². The molecule has 0 radical (unpaired) electrons. The average Bonchev–Trinajstić information content (AvgIpc) is 2.69. The molecule has 3 N–H and O–H groups in total. The third-order valence-corrected chi connectivity index (χ3v) is 3.61. The van der Waals surface area contributed by atoms with Gasteiger partial charge in [0.2, 0.25) is 0 Å². The van der Waals surface area contributed by atoms with Crippen molar-refractivity contribution in [3.8, 4) is 0 Å². The van der Waals surface area contributed by atoms with Crippen molar-refractivity contribution in [3.05, 3.63) is 23.8 Å². The molecule has 1 aromatic rings. The van der Waals surface area contributed by atoms with Crippen LogP contribution in [0.15, 0.2) is 12.1 Å². The van der Waals surface area contributed by atoms with Gasteiger partial charge >= 0.3 is 0 Å². The summed E-state index contributed by atoms with van der Waals surface area (Å²) in [5.74, 6) is -1.31.